The van der Waals surface area contributed by atoms with Crippen LogP contribution >= 0.6 is 0 Å². The molecule has 4 heteroatoms. The van der Waals surface area contributed by atoms with Gasteiger partial charge in [-0.15, -0.1) is 0 Å². The van der Waals surface area contributed by atoms with Crippen molar-refractivity contribution in [2.45, 2.75) is 25.4 Å². The van der Waals surface area contributed by atoms with Crippen molar-refractivity contribution in [3.8, 4) is 5.75 Å². The predicted octanol–water partition coefficient (Wildman–Crippen LogP) is 4.20. The SMILES string of the molecule is O=C(CC1Cc2ccccc21)c1ccccc1OC(F)F. The molecule has 2 nitrogen and oxygen atoms in total. The molecule has 0 amide bonds. The van der Waals surface area contributed by atoms with Crippen molar-refractivity contribution in [2.75, 3.05) is 0 Å². The summed E-state index contributed by atoms with van der Waals surface area (Å²) >= 11 is 0. The number of carbonyl (C=O) groups excluding carboxylic acids is 1. The summed E-state index contributed by atoms with van der Waals surface area (Å²) in [5, 5.41) is 0. The number of alkyl halides is 2. The molecule has 0 saturated heterocycles. The lowest BCUT2D eigenvalue weighted by Gasteiger charge is -2.29. The minimum absolute atomic E-state index is 0.0508. The number of hydrogen-bond acceptors (Lipinski definition) is 2. The number of carbonyl (C=O) groups is 1. The van der Waals surface area contributed by atoms with E-state index in [1.807, 2.05) is 24.3 Å². The molecular weight excluding hydrogens is 274 g/mol. The lowest BCUT2D eigenvalue weighted by Crippen LogP contribution is -2.20. The maximum Gasteiger partial charge on any atom is 0.387 e. The molecular formula is C17H14F2O2. The van der Waals surface area contributed by atoms with Gasteiger partial charge in [-0.25, -0.2) is 0 Å². The normalized spacial score (nSPS) is 16.2. The Kier molecular flexibility index (Phi) is 3.69. The molecule has 2 aromatic rings. The molecule has 0 N–H and O–H groups in total. The van der Waals surface area contributed by atoms with E-state index in [-0.39, 0.29) is 23.0 Å². The van der Waals surface area contributed by atoms with Gasteiger partial charge in [-0.1, -0.05) is 36.4 Å². The lowest BCUT2D eigenvalue weighted by molar-refractivity contribution is -0.0501. The summed E-state index contributed by atoms with van der Waals surface area (Å²) in [6, 6.07) is 14.1. The number of ketones is 1. The molecule has 1 aliphatic rings. The highest BCUT2D eigenvalue weighted by molar-refractivity contribution is 5.99. The fourth-order valence-electron chi connectivity index (χ4n) is 2.77. The van der Waals surface area contributed by atoms with Gasteiger partial charge in [0.05, 0.1) is 5.56 Å². The van der Waals surface area contributed by atoms with Gasteiger partial charge in [0.1, 0.15) is 5.75 Å². The van der Waals surface area contributed by atoms with Gasteiger partial charge < -0.3 is 4.74 Å². The van der Waals surface area contributed by atoms with Gasteiger partial charge in [0.2, 0.25) is 0 Å². The Morgan fingerprint density at radius 2 is 1.86 bits per heavy atom. The van der Waals surface area contributed by atoms with Crippen molar-refractivity contribution in [1.82, 2.24) is 0 Å². The number of Topliss-reactive ketones (excluding diaryl/α,β-unsaturated/α-hetero) is 1. The average Bonchev–Trinajstić information content (AvgIpc) is 2.44. The molecule has 0 spiro atoms. The highest BCUT2D eigenvalue weighted by atomic mass is 19.3. The third kappa shape index (κ3) is 2.79. The van der Waals surface area contributed by atoms with Crippen molar-refractivity contribution in [2.24, 2.45) is 0 Å². The molecule has 0 fully saturated rings. The molecule has 3 rings (SSSR count). The van der Waals surface area contributed by atoms with Crippen molar-refractivity contribution in [3.63, 3.8) is 0 Å². The van der Waals surface area contributed by atoms with Gasteiger partial charge in [0, 0.05) is 6.42 Å². The van der Waals surface area contributed by atoms with E-state index >= 15 is 0 Å². The van der Waals surface area contributed by atoms with Gasteiger partial charge in [-0.2, -0.15) is 8.78 Å². The van der Waals surface area contributed by atoms with Crippen LogP contribution in [-0.2, 0) is 6.42 Å². The van der Waals surface area contributed by atoms with Crippen LogP contribution in [0.25, 0.3) is 0 Å². The Morgan fingerprint density at radius 3 is 2.62 bits per heavy atom. The number of ether oxygens (including phenoxy) is 1. The molecule has 1 aliphatic carbocycles. The quantitative estimate of drug-likeness (QED) is 0.771. The van der Waals surface area contributed by atoms with Gasteiger partial charge in [0.15, 0.2) is 5.78 Å². The highest BCUT2D eigenvalue weighted by Crippen LogP contribution is 2.38. The standard InChI is InChI=1S/C17H14F2O2/c18-17(19)21-16-8-4-3-7-14(16)15(20)10-12-9-11-5-1-2-6-13(11)12/h1-8,12,17H,9-10H2. The Balaban J connectivity index is 1.75. The molecule has 0 aliphatic heterocycles. The number of benzene rings is 2. The Morgan fingerprint density at radius 1 is 1.14 bits per heavy atom. The van der Waals surface area contributed by atoms with E-state index in [1.54, 1.807) is 12.1 Å². The number of rotatable bonds is 5. The molecule has 1 atom stereocenters. The van der Waals surface area contributed by atoms with E-state index < -0.39 is 6.61 Å². The first kappa shape index (κ1) is 13.7. The number of halogens is 2. The van der Waals surface area contributed by atoms with Crippen LogP contribution < -0.4 is 4.74 Å². The number of fused-ring (bicyclic) bond motifs is 1. The van der Waals surface area contributed by atoms with E-state index in [9.17, 15) is 13.6 Å². The van der Waals surface area contributed by atoms with Crippen LogP contribution in [0.1, 0.15) is 33.8 Å². The monoisotopic (exact) mass is 288 g/mol. The third-order valence-electron chi connectivity index (χ3n) is 3.80. The molecule has 108 valence electrons. The third-order valence-corrected chi connectivity index (χ3v) is 3.80. The van der Waals surface area contributed by atoms with Crippen LogP contribution in [0.5, 0.6) is 5.75 Å². The van der Waals surface area contributed by atoms with Crippen LogP contribution in [-0.4, -0.2) is 12.4 Å². The second kappa shape index (κ2) is 5.64. The zero-order chi connectivity index (χ0) is 14.8. The first-order valence-corrected chi connectivity index (χ1v) is 6.80. The number of hydrogen-bond donors (Lipinski definition) is 0. The number of para-hydroxylation sites is 1. The molecule has 0 aromatic heterocycles. The molecule has 0 radical (unpaired) electrons. The van der Waals surface area contributed by atoms with Crippen molar-refractivity contribution in [1.29, 1.82) is 0 Å². The summed E-state index contributed by atoms with van der Waals surface area (Å²) in [6.45, 7) is -2.93. The summed E-state index contributed by atoms with van der Waals surface area (Å²) in [5.74, 6) is -0.0378. The van der Waals surface area contributed by atoms with Crippen LogP contribution in [0.2, 0.25) is 0 Å². The second-order valence-electron chi connectivity index (χ2n) is 5.10. The largest absolute Gasteiger partial charge is 0.434 e. The van der Waals surface area contributed by atoms with Gasteiger partial charge >= 0.3 is 6.61 Å². The molecule has 0 bridgehead atoms. The summed E-state index contributed by atoms with van der Waals surface area (Å²) in [6.07, 6.45) is 1.18. The van der Waals surface area contributed by atoms with Crippen LogP contribution in [0, 0.1) is 0 Å². The highest BCUT2D eigenvalue weighted by Gasteiger charge is 2.28. The molecule has 21 heavy (non-hydrogen) atoms. The van der Waals surface area contributed by atoms with Gasteiger partial charge in [-0.05, 0) is 35.6 Å². The Bertz CT molecular complexity index is 667. The summed E-state index contributed by atoms with van der Waals surface area (Å²) in [7, 11) is 0. The van der Waals surface area contributed by atoms with Gasteiger partial charge in [0.25, 0.3) is 0 Å². The Labute approximate surface area is 121 Å². The van der Waals surface area contributed by atoms with Crippen molar-refractivity contribution < 1.29 is 18.3 Å². The van der Waals surface area contributed by atoms with Crippen LogP contribution in [0.3, 0.4) is 0 Å². The van der Waals surface area contributed by atoms with Crippen LogP contribution in [0.4, 0.5) is 8.78 Å². The zero-order valence-corrected chi connectivity index (χ0v) is 11.3. The molecule has 0 saturated carbocycles. The maximum atomic E-state index is 12.4. The second-order valence-corrected chi connectivity index (χ2v) is 5.10. The van der Waals surface area contributed by atoms with E-state index in [4.69, 9.17) is 0 Å². The van der Waals surface area contributed by atoms with E-state index in [1.165, 1.54) is 23.3 Å². The van der Waals surface area contributed by atoms with Crippen molar-refractivity contribution >= 4 is 5.78 Å². The lowest BCUT2D eigenvalue weighted by atomic mass is 9.74. The fourth-order valence-corrected chi connectivity index (χ4v) is 2.77. The Hall–Kier alpha value is -2.23. The fraction of sp³-hybridized carbons (Fsp3) is 0.235. The van der Waals surface area contributed by atoms with Gasteiger partial charge in [-0.3, -0.25) is 4.79 Å². The summed E-state index contributed by atoms with van der Waals surface area (Å²) in [4.78, 5) is 12.3. The first-order chi connectivity index (χ1) is 10.1. The minimum Gasteiger partial charge on any atom is -0.434 e. The van der Waals surface area contributed by atoms with E-state index in [2.05, 4.69) is 4.74 Å². The first-order valence-electron chi connectivity index (χ1n) is 6.80. The topological polar surface area (TPSA) is 26.3 Å². The summed E-state index contributed by atoms with van der Waals surface area (Å²) < 4.78 is 29.1. The average molecular weight is 288 g/mol. The predicted molar refractivity (Wildman–Crippen MR) is 74.9 cm³/mol. The van der Waals surface area contributed by atoms with Crippen LogP contribution in [0.15, 0.2) is 48.5 Å². The van der Waals surface area contributed by atoms with Crippen molar-refractivity contribution in [3.05, 3.63) is 65.2 Å². The van der Waals surface area contributed by atoms with E-state index in [0.29, 0.717) is 6.42 Å². The van der Waals surface area contributed by atoms with E-state index in [0.717, 1.165) is 6.42 Å². The maximum absolute atomic E-state index is 12.4. The minimum atomic E-state index is -2.93. The smallest absolute Gasteiger partial charge is 0.387 e. The molecule has 1 unspecified atom stereocenters. The molecule has 2 aromatic carbocycles. The summed E-state index contributed by atoms with van der Waals surface area (Å²) in [5.41, 5.74) is 2.66. The zero-order valence-electron chi connectivity index (χ0n) is 11.3. The molecule has 0 heterocycles.